The van der Waals surface area contributed by atoms with Crippen LogP contribution < -0.4 is 0 Å². The zero-order valence-corrected chi connectivity index (χ0v) is 6.38. The highest BCUT2D eigenvalue weighted by Gasteiger charge is 1.96. The van der Waals surface area contributed by atoms with Gasteiger partial charge >= 0.3 is 0 Å². The highest BCUT2D eigenvalue weighted by molar-refractivity contribution is 14.1. The van der Waals surface area contributed by atoms with Crippen LogP contribution in [0.15, 0.2) is 0 Å². The van der Waals surface area contributed by atoms with Crippen LogP contribution in [0.3, 0.4) is 0 Å². The molecule has 1 N–H and O–H groups in total. The summed E-state index contributed by atoms with van der Waals surface area (Å²) < 4.78 is 5.38. The normalized spacial score (nSPS) is 14.1. The van der Waals surface area contributed by atoms with Crippen molar-refractivity contribution in [2.24, 2.45) is 0 Å². The fourth-order valence-corrected chi connectivity index (χ4v) is 0.491. The Hall–Kier alpha value is 0.650. The van der Waals surface area contributed by atoms with Gasteiger partial charge < -0.3 is 9.84 Å². The summed E-state index contributed by atoms with van der Waals surface area (Å²) in [6.07, 6.45) is -0.286. The molecule has 0 rings (SSSR count). The number of hydrogen-bond donors (Lipinski definition) is 1. The largest absolute Gasteiger partial charge is 0.390 e. The summed E-state index contributed by atoms with van der Waals surface area (Å²) in [6, 6.07) is 0. The minimum atomic E-state index is -0.286. The molecule has 0 bridgehead atoms. The van der Waals surface area contributed by atoms with Gasteiger partial charge in [0.1, 0.15) is 0 Å². The fourth-order valence-electron chi connectivity index (χ4n) is 0.237. The number of rotatable bonds is 3. The molecule has 0 aliphatic rings. The van der Waals surface area contributed by atoms with Crippen molar-refractivity contribution < 1.29 is 9.84 Å². The van der Waals surface area contributed by atoms with Crippen LogP contribution in [0.25, 0.3) is 0 Å². The molecule has 0 saturated carbocycles. The summed E-state index contributed by atoms with van der Waals surface area (Å²) >= 11 is 2.11. The van der Waals surface area contributed by atoms with Gasteiger partial charge in [-0.3, -0.25) is 0 Å². The van der Waals surface area contributed by atoms with E-state index in [1.165, 1.54) is 0 Å². The van der Waals surface area contributed by atoms with Gasteiger partial charge in [0.15, 0.2) is 0 Å². The maximum atomic E-state index is 8.73. The third kappa shape index (κ3) is 4.50. The second-order valence-electron chi connectivity index (χ2n) is 1.26. The molecule has 44 valence electrons. The maximum absolute atomic E-state index is 8.73. The Morgan fingerprint density at radius 1 is 1.86 bits per heavy atom. The monoisotopic (exact) mass is 216 g/mol. The SMILES string of the molecule is COCC(O)CI. The van der Waals surface area contributed by atoms with E-state index in [0.29, 0.717) is 6.61 Å². The van der Waals surface area contributed by atoms with Gasteiger partial charge in [0, 0.05) is 11.5 Å². The molecule has 0 radical (unpaired) electrons. The van der Waals surface area contributed by atoms with Crippen LogP contribution in [0, 0.1) is 0 Å². The molecule has 0 spiro atoms. The van der Waals surface area contributed by atoms with E-state index < -0.39 is 0 Å². The molecule has 2 nitrogen and oxygen atoms in total. The molecule has 3 heteroatoms. The summed E-state index contributed by atoms with van der Waals surface area (Å²) in [6.45, 7) is 0.447. The molecule has 1 atom stereocenters. The van der Waals surface area contributed by atoms with Crippen LogP contribution in [0.5, 0.6) is 0 Å². The lowest BCUT2D eigenvalue weighted by molar-refractivity contribution is 0.0811. The third-order valence-electron chi connectivity index (χ3n) is 0.537. The topological polar surface area (TPSA) is 29.5 Å². The van der Waals surface area contributed by atoms with Gasteiger partial charge in [-0.25, -0.2) is 0 Å². The molecule has 0 aliphatic heterocycles. The van der Waals surface area contributed by atoms with Crippen molar-refractivity contribution in [1.82, 2.24) is 0 Å². The predicted molar refractivity (Wildman–Crippen MR) is 36.8 cm³/mol. The molecule has 0 heterocycles. The van der Waals surface area contributed by atoms with Crippen molar-refractivity contribution in [1.29, 1.82) is 0 Å². The molecule has 0 aromatic heterocycles. The summed E-state index contributed by atoms with van der Waals surface area (Å²) in [4.78, 5) is 0. The van der Waals surface area contributed by atoms with Crippen molar-refractivity contribution in [3.63, 3.8) is 0 Å². The van der Waals surface area contributed by atoms with Crippen molar-refractivity contribution in [3.8, 4) is 0 Å². The van der Waals surface area contributed by atoms with Gasteiger partial charge in [-0.1, -0.05) is 22.6 Å². The van der Waals surface area contributed by atoms with Gasteiger partial charge in [0.2, 0.25) is 0 Å². The Bertz CT molecular complexity index is 40.7. The molecule has 0 saturated heterocycles. The molecule has 0 fully saturated rings. The van der Waals surface area contributed by atoms with Crippen molar-refractivity contribution in [2.75, 3.05) is 18.1 Å². The summed E-state index contributed by atoms with van der Waals surface area (Å²) in [5.74, 6) is 0. The minimum absolute atomic E-state index is 0.286. The van der Waals surface area contributed by atoms with Crippen molar-refractivity contribution >= 4 is 22.6 Å². The Labute approximate surface area is 57.0 Å². The van der Waals surface area contributed by atoms with Crippen LogP contribution in [0.4, 0.5) is 0 Å². The fraction of sp³-hybridized carbons (Fsp3) is 1.00. The number of aliphatic hydroxyl groups excluding tert-OH is 1. The van der Waals surface area contributed by atoms with Crippen LogP contribution in [0.2, 0.25) is 0 Å². The van der Waals surface area contributed by atoms with Crippen LogP contribution in [0.1, 0.15) is 0 Å². The molecule has 0 amide bonds. The molecule has 0 aliphatic carbocycles. The predicted octanol–water partition coefficient (Wildman–Crippen LogP) is 0.429. The number of hydrogen-bond acceptors (Lipinski definition) is 2. The van der Waals surface area contributed by atoms with E-state index in [1.54, 1.807) is 7.11 Å². The Morgan fingerprint density at radius 2 is 2.43 bits per heavy atom. The van der Waals surface area contributed by atoms with Crippen molar-refractivity contribution in [3.05, 3.63) is 0 Å². The second kappa shape index (κ2) is 4.80. The second-order valence-corrected chi connectivity index (χ2v) is 2.14. The number of ether oxygens (including phenoxy) is 1. The van der Waals surface area contributed by atoms with Gasteiger partial charge in [0.05, 0.1) is 12.7 Å². The summed E-state index contributed by atoms with van der Waals surface area (Å²) in [5.41, 5.74) is 0. The van der Waals surface area contributed by atoms with E-state index in [0.717, 1.165) is 4.43 Å². The first kappa shape index (κ1) is 7.65. The Balaban J connectivity index is 2.83. The number of aliphatic hydroxyl groups is 1. The number of alkyl halides is 1. The van der Waals surface area contributed by atoms with Crippen LogP contribution >= 0.6 is 22.6 Å². The molecular formula is C4H9IO2. The maximum Gasteiger partial charge on any atom is 0.0862 e. The zero-order chi connectivity index (χ0) is 5.70. The highest BCUT2D eigenvalue weighted by atomic mass is 127. The van der Waals surface area contributed by atoms with E-state index in [9.17, 15) is 0 Å². The van der Waals surface area contributed by atoms with E-state index in [2.05, 4.69) is 27.3 Å². The van der Waals surface area contributed by atoms with E-state index >= 15 is 0 Å². The standard InChI is InChI=1S/C4H9IO2/c1-7-3-4(6)2-5/h4,6H,2-3H2,1H3. The first-order chi connectivity index (χ1) is 3.31. The first-order valence-electron chi connectivity index (χ1n) is 2.04. The lowest BCUT2D eigenvalue weighted by Crippen LogP contribution is -2.14. The molecule has 1 unspecified atom stereocenters. The van der Waals surface area contributed by atoms with Gasteiger partial charge in [-0.15, -0.1) is 0 Å². The summed E-state index contributed by atoms with van der Waals surface area (Å²) in [5, 5.41) is 8.73. The average Bonchev–Trinajstić information content (AvgIpc) is 1.68. The van der Waals surface area contributed by atoms with Crippen LogP contribution in [-0.4, -0.2) is 29.4 Å². The number of halogens is 1. The summed E-state index contributed by atoms with van der Waals surface area (Å²) in [7, 11) is 1.58. The first-order valence-corrected chi connectivity index (χ1v) is 3.56. The number of methoxy groups -OCH3 is 1. The smallest absolute Gasteiger partial charge is 0.0862 e. The van der Waals surface area contributed by atoms with Gasteiger partial charge in [0.25, 0.3) is 0 Å². The van der Waals surface area contributed by atoms with Gasteiger partial charge in [-0.2, -0.15) is 0 Å². The van der Waals surface area contributed by atoms with E-state index in [1.807, 2.05) is 0 Å². The lowest BCUT2D eigenvalue weighted by Gasteiger charge is -2.01. The minimum Gasteiger partial charge on any atom is -0.390 e. The van der Waals surface area contributed by atoms with Gasteiger partial charge in [-0.05, 0) is 0 Å². The molecule has 0 aromatic carbocycles. The third-order valence-corrected chi connectivity index (χ3v) is 1.55. The zero-order valence-electron chi connectivity index (χ0n) is 4.22. The van der Waals surface area contributed by atoms with E-state index in [-0.39, 0.29) is 6.10 Å². The van der Waals surface area contributed by atoms with Crippen molar-refractivity contribution in [2.45, 2.75) is 6.10 Å². The quantitative estimate of drug-likeness (QED) is 0.547. The molecule has 0 aromatic rings. The Morgan fingerprint density at radius 3 is 2.57 bits per heavy atom. The van der Waals surface area contributed by atoms with E-state index in [4.69, 9.17) is 5.11 Å². The Kier molecular flexibility index (Phi) is 5.25. The average molecular weight is 216 g/mol. The van der Waals surface area contributed by atoms with Crippen LogP contribution in [-0.2, 0) is 4.74 Å². The molecule has 7 heavy (non-hydrogen) atoms. The molecular weight excluding hydrogens is 207 g/mol. The lowest BCUT2D eigenvalue weighted by atomic mass is 10.5. The highest BCUT2D eigenvalue weighted by Crippen LogP contribution is 1.89.